The lowest BCUT2D eigenvalue weighted by Gasteiger charge is -2.13. The molecule has 0 aliphatic carbocycles. The molecule has 1 atom stereocenters. The second-order valence-electron chi connectivity index (χ2n) is 4.57. The molecule has 0 fully saturated rings. The first kappa shape index (κ1) is 12.8. The zero-order valence-electron chi connectivity index (χ0n) is 10.6. The van der Waals surface area contributed by atoms with Gasteiger partial charge >= 0.3 is 0 Å². The second-order valence-corrected chi connectivity index (χ2v) is 4.57. The molecular weight excluding hydrogens is 225 g/mol. The summed E-state index contributed by atoms with van der Waals surface area (Å²) < 4.78 is 12.7. The summed E-state index contributed by atoms with van der Waals surface area (Å²) in [6.45, 7) is 3.89. The molecule has 2 aromatic rings. The predicted octanol–water partition coefficient (Wildman–Crippen LogP) is 3.72. The van der Waals surface area contributed by atoms with E-state index in [9.17, 15) is 4.39 Å². The second kappa shape index (κ2) is 6.31. The van der Waals surface area contributed by atoms with E-state index in [1.165, 1.54) is 17.7 Å². The van der Waals surface area contributed by atoms with Crippen molar-refractivity contribution in [1.82, 2.24) is 5.32 Å². The van der Waals surface area contributed by atoms with Crippen LogP contribution in [-0.2, 0) is 6.54 Å². The van der Waals surface area contributed by atoms with Gasteiger partial charge in [-0.15, -0.1) is 0 Å². The Morgan fingerprint density at radius 1 is 1.00 bits per heavy atom. The molecule has 18 heavy (non-hydrogen) atoms. The normalized spacial score (nSPS) is 12.3. The molecule has 2 heteroatoms. The molecule has 0 aliphatic heterocycles. The van der Waals surface area contributed by atoms with Gasteiger partial charge in [-0.25, -0.2) is 4.39 Å². The van der Waals surface area contributed by atoms with Crippen LogP contribution < -0.4 is 5.32 Å². The van der Waals surface area contributed by atoms with Crippen molar-refractivity contribution in [3.63, 3.8) is 0 Å². The Hall–Kier alpha value is -1.67. The van der Waals surface area contributed by atoms with Crippen molar-refractivity contribution in [1.29, 1.82) is 0 Å². The Labute approximate surface area is 108 Å². The lowest BCUT2D eigenvalue weighted by Crippen LogP contribution is -2.19. The zero-order chi connectivity index (χ0) is 12.8. The molecule has 0 aromatic heterocycles. The lowest BCUT2D eigenvalue weighted by molar-refractivity contribution is 0.609. The quantitative estimate of drug-likeness (QED) is 0.844. The van der Waals surface area contributed by atoms with Crippen molar-refractivity contribution in [3.05, 3.63) is 71.5 Å². The predicted molar refractivity (Wildman–Crippen MR) is 73.0 cm³/mol. The highest BCUT2D eigenvalue weighted by Gasteiger charge is 2.03. The fourth-order valence-electron chi connectivity index (χ4n) is 1.93. The average Bonchev–Trinajstić information content (AvgIpc) is 2.42. The fourth-order valence-corrected chi connectivity index (χ4v) is 1.93. The van der Waals surface area contributed by atoms with Gasteiger partial charge in [0, 0.05) is 13.1 Å². The molecule has 2 rings (SSSR count). The van der Waals surface area contributed by atoms with E-state index in [0.717, 1.165) is 18.7 Å². The van der Waals surface area contributed by atoms with Gasteiger partial charge in [-0.2, -0.15) is 0 Å². The van der Waals surface area contributed by atoms with Crippen molar-refractivity contribution in [2.45, 2.75) is 19.4 Å². The minimum absolute atomic E-state index is 0.184. The maximum atomic E-state index is 12.7. The highest BCUT2D eigenvalue weighted by molar-refractivity contribution is 5.19. The summed E-state index contributed by atoms with van der Waals surface area (Å²) in [5.74, 6) is 0.294. The van der Waals surface area contributed by atoms with Crippen LogP contribution >= 0.6 is 0 Å². The number of halogens is 1. The molecule has 2 aromatic carbocycles. The van der Waals surface area contributed by atoms with E-state index in [1.54, 1.807) is 0 Å². The minimum atomic E-state index is -0.184. The monoisotopic (exact) mass is 243 g/mol. The van der Waals surface area contributed by atoms with Gasteiger partial charge in [0.2, 0.25) is 0 Å². The Bertz CT molecular complexity index is 464. The first-order valence-electron chi connectivity index (χ1n) is 6.26. The first-order chi connectivity index (χ1) is 8.75. The molecule has 0 saturated carbocycles. The van der Waals surface area contributed by atoms with Crippen molar-refractivity contribution < 1.29 is 4.39 Å². The van der Waals surface area contributed by atoms with E-state index < -0.39 is 0 Å². The summed E-state index contributed by atoms with van der Waals surface area (Å²) in [6.07, 6.45) is 0. The van der Waals surface area contributed by atoms with Crippen molar-refractivity contribution in [3.8, 4) is 0 Å². The fraction of sp³-hybridized carbons (Fsp3) is 0.250. The zero-order valence-corrected chi connectivity index (χ0v) is 10.6. The SMILES string of the molecule is C[C@@H](CNCc1ccc(F)cc1)c1ccccc1. The topological polar surface area (TPSA) is 12.0 Å². The van der Waals surface area contributed by atoms with E-state index in [2.05, 4.69) is 36.5 Å². The molecule has 0 bridgehead atoms. The molecule has 1 nitrogen and oxygen atoms in total. The maximum absolute atomic E-state index is 12.7. The number of hydrogen-bond acceptors (Lipinski definition) is 1. The summed E-state index contributed by atoms with van der Waals surface area (Å²) in [4.78, 5) is 0. The first-order valence-corrected chi connectivity index (χ1v) is 6.26. The van der Waals surface area contributed by atoms with Crippen LogP contribution in [0.25, 0.3) is 0 Å². The molecule has 94 valence electrons. The largest absolute Gasteiger partial charge is 0.312 e. The van der Waals surface area contributed by atoms with Crippen molar-refractivity contribution >= 4 is 0 Å². The van der Waals surface area contributed by atoms with E-state index >= 15 is 0 Å². The highest BCUT2D eigenvalue weighted by atomic mass is 19.1. The van der Waals surface area contributed by atoms with Gasteiger partial charge in [-0.05, 0) is 29.2 Å². The molecular formula is C16H18FN. The average molecular weight is 243 g/mol. The van der Waals surface area contributed by atoms with Crippen LogP contribution in [0.5, 0.6) is 0 Å². The number of benzene rings is 2. The molecule has 0 unspecified atom stereocenters. The molecule has 0 heterocycles. The van der Waals surface area contributed by atoms with Crippen molar-refractivity contribution in [2.75, 3.05) is 6.54 Å². The summed E-state index contributed by atoms with van der Waals surface area (Å²) in [7, 11) is 0. The van der Waals surface area contributed by atoms with Crippen LogP contribution in [0, 0.1) is 5.82 Å². The van der Waals surface area contributed by atoms with Crippen LogP contribution in [0.1, 0.15) is 24.0 Å². The van der Waals surface area contributed by atoms with E-state index in [0.29, 0.717) is 5.92 Å². The lowest BCUT2D eigenvalue weighted by atomic mass is 10.0. The van der Waals surface area contributed by atoms with Gasteiger partial charge in [0.25, 0.3) is 0 Å². The van der Waals surface area contributed by atoms with E-state index in [4.69, 9.17) is 0 Å². The third kappa shape index (κ3) is 3.67. The van der Waals surface area contributed by atoms with Crippen LogP contribution in [0.15, 0.2) is 54.6 Å². The van der Waals surface area contributed by atoms with Gasteiger partial charge in [-0.1, -0.05) is 49.4 Å². The van der Waals surface area contributed by atoms with Gasteiger partial charge in [-0.3, -0.25) is 0 Å². The highest BCUT2D eigenvalue weighted by Crippen LogP contribution is 2.13. The molecule has 0 aliphatic rings. The van der Waals surface area contributed by atoms with Crippen LogP contribution in [0.3, 0.4) is 0 Å². The third-order valence-corrected chi connectivity index (χ3v) is 3.06. The van der Waals surface area contributed by atoms with Crippen LogP contribution in [0.2, 0.25) is 0 Å². The number of rotatable bonds is 5. The summed E-state index contributed by atoms with van der Waals surface area (Å²) in [5.41, 5.74) is 2.45. The standard InChI is InChI=1S/C16H18FN/c1-13(15-5-3-2-4-6-15)11-18-12-14-7-9-16(17)10-8-14/h2-10,13,18H,11-12H2,1H3/t13-/m0/s1. The van der Waals surface area contributed by atoms with Gasteiger partial charge in [0.1, 0.15) is 5.82 Å². The van der Waals surface area contributed by atoms with Crippen LogP contribution in [-0.4, -0.2) is 6.54 Å². The van der Waals surface area contributed by atoms with Crippen molar-refractivity contribution in [2.24, 2.45) is 0 Å². The van der Waals surface area contributed by atoms with E-state index in [1.807, 2.05) is 18.2 Å². The van der Waals surface area contributed by atoms with Gasteiger partial charge in [0.05, 0.1) is 0 Å². The molecule has 0 spiro atoms. The van der Waals surface area contributed by atoms with Gasteiger partial charge < -0.3 is 5.32 Å². The smallest absolute Gasteiger partial charge is 0.123 e. The summed E-state index contributed by atoms with van der Waals surface area (Å²) in [5, 5.41) is 3.40. The summed E-state index contributed by atoms with van der Waals surface area (Å²) in [6, 6.07) is 17.1. The Morgan fingerprint density at radius 2 is 1.67 bits per heavy atom. The number of nitrogens with one attached hydrogen (secondary N) is 1. The Morgan fingerprint density at radius 3 is 2.33 bits per heavy atom. The van der Waals surface area contributed by atoms with E-state index in [-0.39, 0.29) is 5.82 Å². The molecule has 1 N–H and O–H groups in total. The summed E-state index contributed by atoms with van der Waals surface area (Å²) >= 11 is 0. The minimum Gasteiger partial charge on any atom is -0.312 e. The maximum Gasteiger partial charge on any atom is 0.123 e. The Balaban J connectivity index is 1.80. The number of hydrogen-bond donors (Lipinski definition) is 1. The molecule has 0 radical (unpaired) electrons. The third-order valence-electron chi connectivity index (χ3n) is 3.06. The van der Waals surface area contributed by atoms with Crippen LogP contribution in [0.4, 0.5) is 4.39 Å². The molecule has 0 saturated heterocycles. The molecule has 0 amide bonds. The Kier molecular flexibility index (Phi) is 4.48. The van der Waals surface area contributed by atoms with Gasteiger partial charge in [0.15, 0.2) is 0 Å².